The van der Waals surface area contributed by atoms with Crippen LogP contribution in [0.15, 0.2) is 36.4 Å². The summed E-state index contributed by atoms with van der Waals surface area (Å²) >= 11 is 0. The predicted molar refractivity (Wildman–Crippen MR) is 172 cm³/mol. The third-order valence-electron chi connectivity index (χ3n) is 5.56. The quantitative estimate of drug-likeness (QED) is 0.138. The fourth-order valence-electron chi connectivity index (χ4n) is 2.48. The second kappa shape index (κ2) is 18.9. The van der Waals surface area contributed by atoms with Gasteiger partial charge in [0.2, 0.25) is 0 Å². The van der Waals surface area contributed by atoms with Crippen molar-refractivity contribution in [2.75, 3.05) is 13.1 Å². The molecule has 258 valence electrons. The van der Waals surface area contributed by atoms with Gasteiger partial charge in [-0.05, 0) is 97.7 Å². The summed E-state index contributed by atoms with van der Waals surface area (Å²) in [5, 5.41) is 45.5. The number of aliphatic hydroxyl groups is 2. The number of carbonyl (C=O) groups excluding carboxylic acids is 2. The van der Waals surface area contributed by atoms with Gasteiger partial charge in [-0.15, -0.1) is 0 Å². The number of aliphatic carboxylic acids is 1. The Bertz CT molecular complexity index is 1230. The Kier molecular flexibility index (Phi) is 19.3. The van der Waals surface area contributed by atoms with Crippen LogP contribution in [0.3, 0.4) is 0 Å². The number of esters is 2. The first-order valence-corrected chi connectivity index (χ1v) is 13.7. The average Bonchev–Trinajstić information content (AvgIpc) is 2.89. The van der Waals surface area contributed by atoms with Gasteiger partial charge in [0.25, 0.3) is 0 Å². The molecule has 12 nitrogen and oxygen atoms in total. The van der Waals surface area contributed by atoms with Crippen LogP contribution in [0.2, 0.25) is 0 Å². The molecule has 0 fully saturated rings. The van der Waals surface area contributed by atoms with Crippen LogP contribution in [-0.2, 0) is 14.4 Å². The van der Waals surface area contributed by atoms with Crippen molar-refractivity contribution < 1.29 is 60.9 Å². The molecule has 0 unspecified atom stereocenters. The topological polar surface area (TPSA) is 226 Å². The number of benzene rings is 2. The number of hydrogen-bond acceptors (Lipinski definition) is 9. The number of carboxylic acids is 1. The third-order valence-corrected chi connectivity index (χ3v) is 5.56. The van der Waals surface area contributed by atoms with Gasteiger partial charge in [-0.2, -0.15) is 0 Å². The number of phenols is 2. The summed E-state index contributed by atoms with van der Waals surface area (Å²) in [6.45, 7) is 16.0. The van der Waals surface area contributed by atoms with E-state index in [0.29, 0.717) is 17.7 Å². The highest BCUT2D eigenvalue weighted by Gasteiger charge is 2.28. The van der Waals surface area contributed by atoms with Crippen molar-refractivity contribution in [2.24, 2.45) is 16.2 Å². The van der Waals surface area contributed by atoms with E-state index in [4.69, 9.17) is 24.8 Å². The molecule has 45 heavy (non-hydrogen) atoms. The van der Waals surface area contributed by atoms with Gasteiger partial charge in [0.15, 0.2) is 23.0 Å². The molecule has 0 aliphatic carbocycles. The molecule has 0 radical (unpaired) electrons. The van der Waals surface area contributed by atoms with Gasteiger partial charge < -0.3 is 46.5 Å². The van der Waals surface area contributed by atoms with E-state index >= 15 is 0 Å². The molecule has 0 aliphatic rings. The van der Waals surface area contributed by atoms with Crippen molar-refractivity contribution >= 4 is 17.9 Å². The van der Waals surface area contributed by atoms with Gasteiger partial charge in [-0.25, -0.2) is 0 Å². The van der Waals surface area contributed by atoms with Crippen LogP contribution in [0.5, 0.6) is 23.0 Å². The molecule has 0 saturated heterocycles. The van der Waals surface area contributed by atoms with E-state index in [2.05, 4.69) is 11.5 Å². The number of carbonyl (C=O) groups is 3. The lowest BCUT2D eigenvalue weighted by molar-refractivity contribution is -0.385. The number of phenolic OH excluding ortho intramolecular Hbond substituents is 2. The molecule has 0 saturated carbocycles. The molecule has 2 rings (SSSR count). The maximum atomic E-state index is 12.2. The van der Waals surface area contributed by atoms with Crippen LogP contribution in [0.4, 0.5) is 0 Å². The summed E-state index contributed by atoms with van der Waals surface area (Å²) in [7, 11) is 0. The normalized spacial score (nSPS) is 12.3. The van der Waals surface area contributed by atoms with E-state index in [0.717, 1.165) is 0 Å². The molecule has 0 aromatic heterocycles. The predicted octanol–water partition coefficient (Wildman–Crippen LogP) is 3.63. The molecular formula is C33H58N2O10+2. The summed E-state index contributed by atoms with van der Waals surface area (Å²) in [5.74, 6) is -1.81. The minimum Gasteiger partial charge on any atom is -0.504 e. The zero-order valence-electron chi connectivity index (χ0n) is 26.7. The lowest BCUT2D eigenvalue weighted by Crippen LogP contribution is -2.52. The third kappa shape index (κ3) is 16.3. The molecular weight excluding hydrogens is 584 g/mol. The Labute approximate surface area is 268 Å². The van der Waals surface area contributed by atoms with E-state index in [1.807, 2.05) is 0 Å². The molecule has 11 N–H and O–H groups in total. The maximum absolute atomic E-state index is 12.2. The van der Waals surface area contributed by atoms with E-state index in [-0.39, 0.29) is 44.4 Å². The van der Waals surface area contributed by atoms with Crippen LogP contribution >= 0.6 is 0 Å². The zero-order valence-corrected chi connectivity index (χ0v) is 26.7. The number of carboxylic acid groups (broad SMARTS) is 1. The fourth-order valence-corrected chi connectivity index (χ4v) is 2.48. The Balaban J connectivity index is -0.000000699. The summed E-state index contributed by atoms with van der Waals surface area (Å²) in [4.78, 5) is 34.3. The Morgan fingerprint density at radius 2 is 1.00 bits per heavy atom. The first kappa shape index (κ1) is 45.7. The second-order valence-electron chi connectivity index (χ2n) is 12.9. The van der Waals surface area contributed by atoms with Gasteiger partial charge in [0.1, 0.15) is 25.3 Å². The number of hydrogen-bond donors (Lipinski definition) is 7. The van der Waals surface area contributed by atoms with Crippen LogP contribution in [0.25, 0.3) is 0 Å². The van der Waals surface area contributed by atoms with Crippen molar-refractivity contribution in [1.29, 1.82) is 0 Å². The number of quaternary nitrogens is 2. The van der Waals surface area contributed by atoms with Crippen molar-refractivity contribution in [3.63, 3.8) is 0 Å². The molecule has 0 aliphatic heterocycles. The maximum Gasteiger partial charge on any atom is 0.316 e. The highest BCUT2D eigenvalue weighted by Crippen LogP contribution is 2.34. The lowest BCUT2D eigenvalue weighted by atomic mass is 9.97. The fraction of sp³-hybridized carbons (Fsp3) is 0.545. The first-order valence-electron chi connectivity index (χ1n) is 13.7. The van der Waals surface area contributed by atoms with Gasteiger partial charge in [-0.1, -0.05) is 27.0 Å². The van der Waals surface area contributed by atoms with Gasteiger partial charge in [-0.3, -0.25) is 14.4 Å². The molecule has 0 spiro atoms. The Hall–Kier alpha value is -3.71. The second-order valence-corrected chi connectivity index (χ2v) is 12.9. The monoisotopic (exact) mass is 642 g/mol. The molecule has 2 aromatic carbocycles. The number of aliphatic hydroxyl groups excluding tert-OH is 2. The van der Waals surface area contributed by atoms with E-state index in [1.54, 1.807) is 74.4 Å². The minimum atomic E-state index is -0.788. The van der Waals surface area contributed by atoms with E-state index < -0.39 is 46.4 Å². The number of aromatic hydroxyl groups is 2. The largest absolute Gasteiger partial charge is 0.504 e. The van der Waals surface area contributed by atoms with Gasteiger partial charge >= 0.3 is 17.9 Å². The molecule has 2 aromatic rings. The number of ether oxygens (including phenoxy) is 2. The first-order chi connectivity index (χ1) is 19.4. The summed E-state index contributed by atoms with van der Waals surface area (Å²) in [6, 6.07) is 8.85. The lowest BCUT2D eigenvalue weighted by Gasteiger charge is -2.21. The molecule has 0 amide bonds. The van der Waals surface area contributed by atoms with E-state index in [9.17, 15) is 24.6 Å². The SMILES string of the molecule is C.C.CC(C)(C)C(=O)O.CC(C)(C)C(=O)Oc1ccc([C@@H](O)C[NH3+])cc1OC(=O)C(C)(C)C.[NH3+]C[C@H](O)c1ccc(O)c(O)c1. The van der Waals surface area contributed by atoms with Gasteiger partial charge in [0, 0.05) is 0 Å². The smallest absolute Gasteiger partial charge is 0.316 e. The highest BCUT2D eigenvalue weighted by molar-refractivity contribution is 5.81. The standard InChI is InChI=1S/C18H27NO5.C8H11NO3.C5H10O2.2CH4/c1-17(2,3)15(21)23-13-8-7-11(12(20)10-19)9-14(13)24-16(22)18(4,5)6;9-4-8(12)5-1-2-6(10)7(11)3-5;1-5(2,3)4(6)7;;/h7-9,12,20H,10,19H2,1-6H3;1-3,8,10-12H,4,9H2;1-3H3,(H,6,7);2*1H4/p+2/t12-;8-;;;/m00.../s1. The van der Waals surface area contributed by atoms with Crippen molar-refractivity contribution in [3.05, 3.63) is 47.5 Å². The average molecular weight is 643 g/mol. The number of rotatable bonds is 6. The molecule has 2 atom stereocenters. The van der Waals surface area contributed by atoms with Crippen molar-refractivity contribution in [3.8, 4) is 23.0 Å². The Morgan fingerprint density at radius 3 is 1.33 bits per heavy atom. The molecule has 0 bridgehead atoms. The zero-order chi connectivity index (χ0) is 33.9. The summed E-state index contributed by atoms with van der Waals surface area (Å²) in [6.07, 6.45) is -1.47. The van der Waals surface area contributed by atoms with Gasteiger partial charge in [0.05, 0.1) is 16.2 Å². The molecule has 0 heterocycles. The van der Waals surface area contributed by atoms with Crippen LogP contribution in [-0.4, -0.2) is 56.5 Å². The van der Waals surface area contributed by atoms with E-state index in [1.165, 1.54) is 24.3 Å². The molecule has 12 heteroatoms. The van der Waals surface area contributed by atoms with Crippen molar-refractivity contribution in [2.45, 2.75) is 89.4 Å². The van der Waals surface area contributed by atoms with Crippen LogP contribution in [0, 0.1) is 16.2 Å². The van der Waals surface area contributed by atoms with Crippen molar-refractivity contribution in [1.82, 2.24) is 0 Å². The summed E-state index contributed by atoms with van der Waals surface area (Å²) < 4.78 is 10.8. The Morgan fingerprint density at radius 1 is 0.644 bits per heavy atom. The van der Waals surface area contributed by atoms with Crippen LogP contribution < -0.4 is 20.9 Å². The summed E-state index contributed by atoms with van der Waals surface area (Å²) in [5.41, 5.74) is 6.27. The van der Waals surface area contributed by atoms with Crippen LogP contribution in [0.1, 0.15) is 101 Å². The highest BCUT2D eigenvalue weighted by atomic mass is 16.6. The minimum absolute atomic E-state index is 0.